The summed E-state index contributed by atoms with van der Waals surface area (Å²) >= 11 is 6.08. The molecular weight excluding hydrogens is 224 g/mol. The third kappa shape index (κ3) is 3.73. The van der Waals surface area contributed by atoms with Crippen LogP contribution in [-0.2, 0) is 6.54 Å². The minimum Gasteiger partial charge on any atom is -0.478 e. The highest BCUT2D eigenvalue weighted by molar-refractivity contribution is 6.31. The molecule has 0 bridgehead atoms. The Labute approximate surface area is 101 Å². The van der Waals surface area contributed by atoms with Gasteiger partial charge in [0, 0.05) is 17.1 Å². The van der Waals surface area contributed by atoms with Crippen LogP contribution >= 0.6 is 11.6 Å². The molecule has 0 unspecified atom stereocenters. The Balaban J connectivity index is 2.74. The van der Waals surface area contributed by atoms with E-state index in [1.165, 1.54) is 0 Å². The van der Waals surface area contributed by atoms with Crippen molar-refractivity contribution >= 4 is 11.6 Å². The van der Waals surface area contributed by atoms with E-state index in [2.05, 4.69) is 12.2 Å². The average molecular weight is 239 g/mol. The molecule has 0 amide bonds. The predicted molar refractivity (Wildman–Crippen MR) is 64.6 cm³/mol. The van der Waals surface area contributed by atoms with Crippen LogP contribution in [-0.4, -0.2) is 13.2 Å². The van der Waals surface area contributed by atoms with Gasteiger partial charge in [-0.2, -0.15) is 5.26 Å². The van der Waals surface area contributed by atoms with Crippen molar-refractivity contribution in [3.05, 3.63) is 28.8 Å². The monoisotopic (exact) mass is 238 g/mol. The molecule has 3 nitrogen and oxygen atoms in total. The van der Waals surface area contributed by atoms with Crippen molar-refractivity contribution in [2.24, 2.45) is 0 Å². The highest BCUT2D eigenvalue weighted by Gasteiger charge is 2.07. The Morgan fingerprint density at radius 3 is 3.00 bits per heavy atom. The molecule has 1 rings (SSSR count). The Hall–Kier alpha value is -1.24. The Bertz CT molecular complexity index is 374. The first-order valence-corrected chi connectivity index (χ1v) is 5.65. The van der Waals surface area contributed by atoms with E-state index in [0.717, 1.165) is 18.5 Å². The van der Waals surface area contributed by atoms with E-state index in [9.17, 15) is 0 Å². The van der Waals surface area contributed by atoms with Gasteiger partial charge < -0.3 is 10.1 Å². The van der Waals surface area contributed by atoms with Crippen LogP contribution in [0.25, 0.3) is 0 Å². The second-order valence-corrected chi connectivity index (χ2v) is 3.75. The highest BCUT2D eigenvalue weighted by atomic mass is 35.5. The van der Waals surface area contributed by atoms with Crippen molar-refractivity contribution < 1.29 is 4.74 Å². The van der Waals surface area contributed by atoms with Crippen molar-refractivity contribution in [3.63, 3.8) is 0 Å². The van der Waals surface area contributed by atoms with Gasteiger partial charge in [-0.25, -0.2) is 0 Å². The fourth-order valence-electron chi connectivity index (χ4n) is 1.35. The lowest BCUT2D eigenvalue weighted by molar-refractivity contribution is 0.362. The van der Waals surface area contributed by atoms with Gasteiger partial charge in [0.1, 0.15) is 11.8 Å². The maximum absolute atomic E-state index is 8.48. The fraction of sp³-hybridized carbons (Fsp3) is 0.417. The lowest BCUT2D eigenvalue weighted by atomic mass is 10.2. The maximum Gasteiger partial charge on any atom is 0.174 e. The van der Waals surface area contributed by atoms with Gasteiger partial charge in [-0.3, -0.25) is 0 Å². The van der Waals surface area contributed by atoms with Crippen LogP contribution in [0.3, 0.4) is 0 Å². The lowest BCUT2D eigenvalue weighted by Crippen LogP contribution is -2.15. The van der Waals surface area contributed by atoms with Crippen LogP contribution in [0.4, 0.5) is 0 Å². The van der Waals surface area contributed by atoms with E-state index in [1.54, 1.807) is 0 Å². The van der Waals surface area contributed by atoms with Gasteiger partial charge in [0.15, 0.2) is 6.61 Å². The molecule has 4 heteroatoms. The molecular formula is C12H15ClN2O. The molecule has 0 atom stereocenters. The molecule has 0 aliphatic heterocycles. The van der Waals surface area contributed by atoms with E-state index < -0.39 is 0 Å². The van der Waals surface area contributed by atoms with Gasteiger partial charge in [-0.15, -0.1) is 0 Å². The summed E-state index contributed by atoms with van der Waals surface area (Å²) in [7, 11) is 0. The van der Waals surface area contributed by atoms with Gasteiger partial charge in [0.2, 0.25) is 0 Å². The van der Waals surface area contributed by atoms with E-state index >= 15 is 0 Å². The lowest BCUT2D eigenvalue weighted by Gasteiger charge is -2.11. The van der Waals surface area contributed by atoms with E-state index in [1.807, 2.05) is 24.3 Å². The Kier molecular flexibility index (Phi) is 5.69. The fourth-order valence-corrected chi connectivity index (χ4v) is 1.58. The second kappa shape index (κ2) is 7.10. The van der Waals surface area contributed by atoms with Gasteiger partial charge in [0.05, 0.1) is 0 Å². The van der Waals surface area contributed by atoms with Crippen molar-refractivity contribution in [1.29, 1.82) is 5.26 Å². The number of rotatable bonds is 6. The Morgan fingerprint density at radius 2 is 2.31 bits per heavy atom. The number of nitrogens with one attached hydrogen (secondary N) is 1. The van der Waals surface area contributed by atoms with Gasteiger partial charge >= 0.3 is 0 Å². The number of hydrogen-bond donors (Lipinski definition) is 1. The number of ether oxygens (including phenoxy) is 1. The number of hydrogen-bond acceptors (Lipinski definition) is 3. The van der Waals surface area contributed by atoms with Crippen LogP contribution in [0.2, 0.25) is 5.02 Å². The summed E-state index contributed by atoms with van der Waals surface area (Å²) in [6.45, 7) is 3.74. The molecule has 16 heavy (non-hydrogen) atoms. The van der Waals surface area contributed by atoms with Crippen LogP contribution in [0.1, 0.15) is 18.9 Å². The number of nitriles is 1. The second-order valence-electron chi connectivity index (χ2n) is 3.34. The molecule has 0 spiro atoms. The minimum atomic E-state index is 0.0428. The normalized spacial score (nSPS) is 9.81. The molecule has 0 aliphatic rings. The maximum atomic E-state index is 8.48. The molecule has 0 fully saturated rings. The van der Waals surface area contributed by atoms with E-state index in [-0.39, 0.29) is 6.61 Å². The summed E-state index contributed by atoms with van der Waals surface area (Å²) in [4.78, 5) is 0. The molecule has 0 aliphatic carbocycles. The predicted octanol–water partition coefficient (Wildman–Crippen LogP) is 2.74. The summed E-state index contributed by atoms with van der Waals surface area (Å²) in [6.07, 6.45) is 1.07. The zero-order valence-corrected chi connectivity index (χ0v) is 10.0. The molecule has 1 N–H and O–H groups in total. The zero-order chi connectivity index (χ0) is 11.8. The number of benzene rings is 1. The largest absolute Gasteiger partial charge is 0.478 e. The highest BCUT2D eigenvalue weighted by Crippen LogP contribution is 2.26. The summed E-state index contributed by atoms with van der Waals surface area (Å²) < 4.78 is 5.31. The van der Waals surface area contributed by atoms with Crippen LogP contribution in [0.5, 0.6) is 5.75 Å². The Morgan fingerprint density at radius 1 is 1.50 bits per heavy atom. The van der Waals surface area contributed by atoms with E-state index in [0.29, 0.717) is 17.3 Å². The molecule has 0 radical (unpaired) electrons. The van der Waals surface area contributed by atoms with E-state index in [4.69, 9.17) is 21.6 Å². The molecule has 1 aromatic rings. The number of nitrogens with zero attached hydrogens (tertiary/aromatic N) is 1. The van der Waals surface area contributed by atoms with Crippen molar-refractivity contribution in [2.45, 2.75) is 19.9 Å². The average Bonchev–Trinajstić information content (AvgIpc) is 2.29. The molecule has 1 aromatic carbocycles. The van der Waals surface area contributed by atoms with Gasteiger partial charge in [-0.1, -0.05) is 24.6 Å². The summed E-state index contributed by atoms with van der Waals surface area (Å²) in [5.41, 5.74) is 0.910. The minimum absolute atomic E-state index is 0.0428. The summed E-state index contributed by atoms with van der Waals surface area (Å²) in [5, 5.41) is 12.4. The molecule has 0 heterocycles. The quantitative estimate of drug-likeness (QED) is 0.776. The smallest absolute Gasteiger partial charge is 0.174 e. The van der Waals surface area contributed by atoms with Gasteiger partial charge in [-0.05, 0) is 25.1 Å². The third-order valence-electron chi connectivity index (χ3n) is 2.10. The summed E-state index contributed by atoms with van der Waals surface area (Å²) in [6, 6.07) is 7.41. The van der Waals surface area contributed by atoms with Crippen molar-refractivity contribution in [2.75, 3.05) is 13.2 Å². The first-order valence-electron chi connectivity index (χ1n) is 5.27. The SMILES string of the molecule is CCCNCc1c(Cl)cccc1OCC#N. The number of halogens is 1. The molecule has 0 aromatic heterocycles. The third-order valence-corrected chi connectivity index (χ3v) is 2.45. The van der Waals surface area contributed by atoms with Crippen molar-refractivity contribution in [3.8, 4) is 11.8 Å². The topological polar surface area (TPSA) is 45.0 Å². The standard InChI is InChI=1S/C12H15ClN2O/c1-2-7-15-9-10-11(13)4-3-5-12(10)16-8-6-14/h3-5,15H,2,7-9H2,1H3. The first-order chi connectivity index (χ1) is 7.79. The van der Waals surface area contributed by atoms with Crippen LogP contribution in [0.15, 0.2) is 18.2 Å². The van der Waals surface area contributed by atoms with Gasteiger partial charge in [0.25, 0.3) is 0 Å². The van der Waals surface area contributed by atoms with Crippen LogP contribution in [0, 0.1) is 11.3 Å². The summed E-state index contributed by atoms with van der Waals surface area (Å²) in [5.74, 6) is 0.678. The molecule has 86 valence electrons. The molecule has 0 saturated carbocycles. The molecule has 0 saturated heterocycles. The first kappa shape index (κ1) is 12.8. The zero-order valence-electron chi connectivity index (χ0n) is 9.29. The van der Waals surface area contributed by atoms with Crippen LogP contribution < -0.4 is 10.1 Å². The van der Waals surface area contributed by atoms with Crippen molar-refractivity contribution in [1.82, 2.24) is 5.32 Å².